The van der Waals surface area contributed by atoms with Crippen molar-refractivity contribution < 1.29 is 13.8 Å². The van der Waals surface area contributed by atoms with Gasteiger partial charge in [0.2, 0.25) is 11.8 Å². The van der Waals surface area contributed by atoms with Gasteiger partial charge in [-0.25, -0.2) is 0 Å². The summed E-state index contributed by atoms with van der Waals surface area (Å²) in [6, 6.07) is 12.8. The SMILES string of the molecule is CCc1cccc(C)c1NC(=O)C[C@H]1C(=O)Nc2ccccc2[S@@]1=O. The van der Waals surface area contributed by atoms with Gasteiger partial charge in [0.15, 0.2) is 0 Å². The van der Waals surface area contributed by atoms with E-state index in [9.17, 15) is 13.8 Å². The molecule has 3 rings (SSSR count). The zero-order valence-corrected chi connectivity index (χ0v) is 15.0. The molecular formula is C19H20N2O3S. The molecule has 0 spiro atoms. The van der Waals surface area contributed by atoms with Crippen molar-refractivity contribution in [3.63, 3.8) is 0 Å². The number of amides is 2. The Bertz CT molecular complexity index is 863. The molecule has 1 aliphatic rings. The number of benzene rings is 2. The topological polar surface area (TPSA) is 75.3 Å². The molecule has 0 aromatic heterocycles. The van der Waals surface area contributed by atoms with E-state index in [-0.39, 0.29) is 18.2 Å². The van der Waals surface area contributed by atoms with Gasteiger partial charge in [-0.2, -0.15) is 0 Å². The molecule has 0 unspecified atom stereocenters. The van der Waals surface area contributed by atoms with E-state index in [0.717, 1.165) is 23.2 Å². The van der Waals surface area contributed by atoms with Crippen LogP contribution in [0.15, 0.2) is 47.4 Å². The van der Waals surface area contributed by atoms with E-state index in [1.165, 1.54) is 0 Å². The van der Waals surface area contributed by atoms with E-state index in [4.69, 9.17) is 0 Å². The van der Waals surface area contributed by atoms with E-state index < -0.39 is 16.0 Å². The van der Waals surface area contributed by atoms with E-state index in [1.54, 1.807) is 24.3 Å². The van der Waals surface area contributed by atoms with Crippen molar-refractivity contribution in [2.24, 2.45) is 0 Å². The molecule has 0 bridgehead atoms. The van der Waals surface area contributed by atoms with Crippen LogP contribution in [-0.4, -0.2) is 21.3 Å². The number of hydrogen-bond donors (Lipinski definition) is 2. The largest absolute Gasteiger partial charge is 0.326 e. The van der Waals surface area contributed by atoms with Crippen molar-refractivity contribution in [1.29, 1.82) is 0 Å². The standard InChI is InChI=1S/C19H20N2O3S/c1-3-13-8-6-7-12(2)18(13)21-17(22)11-16-19(23)20-14-9-4-5-10-15(14)25(16)24/h4-10,16H,3,11H2,1-2H3,(H,20,23)(H,21,22)/t16-,25-/m0/s1. The van der Waals surface area contributed by atoms with E-state index in [0.29, 0.717) is 10.6 Å². The van der Waals surface area contributed by atoms with Crippen LogP contribution in [0.25, 0.3) is 0 Å². The molecular weight excluding hydrogens is 336 g/mol. The first-order valence-electron chi connectivity index (χ1n) is 8.20. The average molecular weight is 356 g/mol. The lowest BCUT2D eigenvalue weighted by atomic mass is 10.1. The predicted octanol–water partition coefficient (Wildman–Crippen LogP) is 3.01. The second-order valence-corrected chi connectivity index (χ2v) is 7.59. The number of hydrogen-bond acceptors (Lipinski definition) is 3. The number of nitrogens with one attached hydrogen (secondary N) is 2. The normalized spacial score (nSPS) is 19.0. The maximum atomic E-state index is 12.7. The third-order valence-corrected chi connectivity index (χ3v) is 5.97. The van der Waals surface area contributed by atoms with Gasteiger partial charge in [0.25, 0.3) is 0 Å². The maximum Gasteiger partial charge on any atom is 0.241 e. The first kappa shape index (κ1) is 17.4. The molecule has 5 nitrogen and oxygen atoms in total. The van der Waals surface area contributed by atoms with Gasteiger partial charge in [0.05, 0.1) is 27.8 Å². The summed E-state index contributed by atoms with van der Waals surface area (Å²) in [5.74, 6) is -0.690. The monoisotopic (exact) mass is 356 g/mol. The Kier molecular flexibility index (Phi) is 4.99. The van der Waals surface area contributed by atoms with Gasteiger partial charge in [0.1, 0.15) is 5.25 Å². The second kappa shape index (κ2) is 7.19. The van der Waals surface area contributed by atoms with E-state index >= 15 is 0 Å². The third kappa shape index (κ3) is 3.49. The quantitative estimate of drug-likeness (QED) is 0.884. The van der Waals surface area contributed by atoms with Gasteiger partial charge in [0, 0.05) is 5.69 Å². The molecule has 1 heterocycles. The first-order chi connectivity index (χ1) is 12.0. The molecule has 0 saturated heterocycles. The van der Waals surface area contributed by atoms with Crippen LogP contribution in [-0.2, 0) is 26.8 Å². The van der Waals surface area contributed by atoms with Gasteiger partial charge < -0.3 is 10.6 Å². The Morgan fingerprint density at radius 1 is 1.20 bits per heavy atom. The summed E-state index contributed by atoms with van der Waals surface area (Å²) >= 11 is 0. The van der Waals surface area contributed by atoms with Crippen molar-refractivity contribution in [2.75, 3.05) is 10.6 Å². The first-order valence-corrected chi connectivity index (χ1v) is 9.41. The number of rotatable bonds is 4. The highest BCUT2D eigenvalue weighted by molar-refractivity contribution is 7.86. The van der Waals surface area contributed by atoms with E-state index in [1.807, 2.05) is 32.0 Å². The van der Waals surface area contributed by atoms with Crippen LogP contribution in [0.5, 0.6) is 0 Å². The number of carbonyl (C=O) groups is 2. The molecule has 2 aromatic rings. The molecule has 2 aromatic carbocycles. The van der Waals surface area contributed by atoms with Crippen LogP contribution in [0.1, 0.15) is 24.5 Å². The van der Waals surface area contributed by atoms with E-state index in [2.05, 4.69) is 10.6 Å². The molecule has 2 N–H and O–H groups in total. The fourth-order valence-electron chi connectivity index (χ4n) is 2.94. The predicted molar refractivity (Wildman–Crippen MR) is 99.1 cm³/mol. The highest BCUT2D eigenvalue weighted by Gasteiger charge is 2.34. The number of fused-ring (bicyclic) bond motifs is 1. The lowest BCUT2D eigenvalue weighted by Crippen LogP contribution is -2.39. The van der Waals surface area contributed by atoms with Crippen molar-refractivity contribution in [1.82, 2.24) is 0 Å². The van der Waals surface area contributed by atoms with Gasteiger partial charge in [-0.05, 0) is 36.6 Å². The molecule has 130 valence electrons. The highest BCUT2D eigenvalue weighted by Crippen LogP contribution is 2.29. The number of anilines is 2. The molecule has 0 aliphatic carbocycles. The highest BCUT2D eigenvalue weighted by atomic mass is 32.2. The minimum Gasteiger partial charge on any atom is -0.326 e. The Morgan fingerprint density at radius 3 is 2.72 bits per heavy atom. The average Bonchev–Trinajstić information content (AvgIpc) is 2.60. The summed E-state index contributed by atoms with van der Waals surface area (Å²) in [7, 11) is -1.55. The van der Waals surface area contributed by atoms with Gasteiger partial charge in [-0.1, -0.05) is 37.3 Å². The fraction of sp³-hybridized carbons (Fsp3) is 0.263. The van der Waals surface area contributed by atoms with Crippen LogP contribution in [0.3, 0.4) is 0 Å². The molecule has 2 atom stereocenters. The Hall–Kier alpha value is -2.47. The molecule has 0 saturated carbocycles. The van der Waals surface area contributed by atoms with Gasteiger partial charge in [-0.3, -0.25) is 13.8 Å². The van der Waals surface area contributed by atoms with Crippen LogP contribution >= 0.6 is 0 Å². The maximum absolute atomic E-state index is 12.7. The van der Waals surface area contributed by atoms with Crippen molar-refractivity contribution in [3.05, 3.63) is 53.6 Å². The number of aryl methyl sites for hydroxylation is 2. The number of carbonyl (C=O) groups excluding carboxylic acids is 2. The minimum absolute atomic E-state index is 0.121. The molecule has 0 radical (unpaired) electrons. The lowest BCUT2D eigenvalue weighted by Gasteiger charge is -2.23. The summed E-state index contributed by atoms with van der Waals surface area (Å²) in [5.41, 5.74) is 3.33. The van der Waals surface area contributed by atoms with Crippen LogP contribution in [0.4, 0.5) is 11.4 Å². The molecule has 1 aliphatic heterocycles. The van der Waals surface area contributed by atoms with Crippen molar-refractivity contribution in [2.45, 2.75) is 36.8 Å². The van der Waals surface area contributed by atoms with Gasteiger partial charge >= 0.3 is 0 Å². The zero-order valence-electron chi connectivity index (χ0n) is 14.2. The third-order valence-electron chi connectivity index (χ3n) is 4.29. The van der Waals surface area contributed by atoms with Gasteiger partial charge in [-0.15, -0.1) is 0 Å². The smallest absolute Gasteiger partial charge is 0.241 e. The zero-order chi connectivity index (χ0) is 18.0. The summed E-state index contributed by atoms with van der Waals surface area (Å²) in [6.07, 6.45) is 0.671. The molecule has 0 fully saturated rings. The summed E-state index contributed by atoms with van der Waals surface area (Å²) in [4.78, 5) is 25.3. The Labute approximate surface area is 149 Å². The number of para-hydroxylation sites is 2. The van der Waals surface area contributed by atoms with Crippen molar-refractivity contribution >= 4 is 34.0 Å². The Morgan fingerprint density at radius 2 is 1.96 bits per heavy atom. The fourth-order valence-corrected chi connectivity index (χ4v) is 4.35. The lowest BCUT2D eigenvalue weighted by molar-refractivity contribution is -0.120. The summed E-state index contributed by atoms with van der Waals surface area (Å²) in [5, 5.41) is 4.74. The van der Waals surface area contributed by atoms with Crippen LogP contribution < -0.4 is 10.6 Å². The second-order valence-electron chi connectivity index (χ2n) is 5.99. The summed E-state index contributed by atoms with van der Waals surface area (Å²) in [6.45, 7) is 3.95. The Balaban J connectivity index is 1.78. The summed E-state index contributed by atoms with van der Waals surface area (Å²) < 4.78 is 12.7. The molecule has 25 heavy (non-hydrogen) atoms. The molecule has 6 heteroatoms. The van der Waals surface area contributed by atoms with Crippen LogP contribution in [0, 0.1) is 6.92 Å². The minimum atomic E-state index is -1.55. The van der Waals surface area contributed by atoms with Crippen molar-refractivity contribution in [3.8, 4) is 0 Å². The molecule has 2 amide bonds. The van der Waals surface area contributed by atoms with Crippen LogP contribution in [0.2, 0.25) is 0 Å².